The monoisotopic (exact) mass is 563 g/mol. The molecular formula is C24H26ClN5O5S2. The number of aromatic nitrogens is 1. The Bertz CT molecular complexity index is 1460. The van der Waals surface area contributed by atoms with E-state index >= 15 is 0 Å². The Morgan fingerprint density at radius 3 is 2.22 bits per heavy atom. The number of carbonyl (C=O) groups excluding carboxylic acids is 1. The van der Waals surface area contributed by atoms with E-state index in [1.54, 1.807) is 42.6 Å². The van der Waals surface area contributed by atoms with Crippen LogP contribution < -0.4 is 14.7 Å². The Morgan fingerprint density at radius 2 is 1.62 bits per heavy atom. The van der Waals surface area contributed by atoms with E-state index in [9.17, 15) is 21.6 Å². The van der Waals surface area contributed by atoms with Gasteiger partial charge in [0.1, 0.15) is 0 Å². The molecule has 0 bridgehead atoms. The molecule has 0 radical (unpaired) electrons. The average molecular weight is 564 g/mol. The summed E-state index contributed by atoms with van der Waals surface area (Å²) >= 11 is 6.02. The van der Waals surface area contributed by atoms with Crippen molar-refractivity contribution in [2.24, 2.45) is 0 Å². The molecule has 0 atom stereocenters. The van der Waals surface area contributed by atoms with E-state index in [0.29, 0.717) is 18.1 Å². The summed E-state index contributed by atoms with van der Waals surface area (Å²) in [6.07, 6.45) is 3.22. The fourth-order valence-electron chi connectivity index (χ4n) is 3.83. The van der Waals surface area contributed by atoms with Crippen LogP contribution in [0.5, 0.6) is 0 Å². The van der Waals surface area contributed by atoms with Crippen LogP contribution >= 0.6 is 11.6 Å². The van der Waals surface area contributed by atoms with Gasteiger partial charge in [0.05, 0.1) is 33.2 Å². The van der Waals surface area contributed by atoms with Crippen LogP contribution in [-0.2, 0) is 20.0 Å². The summed E-state index contributed by atoms with van der Waals surface area (Å²) in [4.78, 5) is 18.7. The molecule has 4 rings (SSSR count). The lowest BCUT2D eigenvalue weighted by Crippen LogP contribution is -2.48. The number of pyridine rings is 1. The second-order valence-corrected chi connectivity index (χ2v) is 12.7. The highest BCUT2D eigenvalue weighted by Crippen LogP contribution is 2.25. The molecule has 0 aliphatic carbocycles. The van der Waals surface area contributed by atoms with E-state index < -0.39 is 26.0 Å². The number of anilines is 2. The first-order valence-corrected chi connectivity index (χ1v) is 14.9. The van der Waals surface area contributed by atoms with Crippen molar-refractivity contribution >= 4 is 48.9 Å². The first-order chi connectivity index (χ1) is 17.6. The zero-order valence-electron chi connectivity index (χ0n) is 20.0. The summed E-state index contributed by atoms with van der Waals surface area (Å²) in [5, 5.41) is 0.506. The first kappa shape index (κ1) is 26.9. The molecule has 1 saturated heterocycles. The molecule has 10 nitrogen and oxygen atoms in total. The number of hydrogen-bond acceptors (Lipinski definition) is 7. The van der Waals surface area contributed by atoms with Crippen LogP contribution in [0, 0.1) is 0 Å². The maximum absolute atomic E-state index is 13.3. The van der Waals surface area contributed by atoms with E-state index in [1.807, 2.05) is 4.90 Å². The van der Waals surface area contributed by atoms with E-state index in [2.05, 4.69) is 10.4 Å². The number of rotatable bonds is 8. The molecule has 2 aromatic carbocycles. The number of amides is 1. The molecule has 0 saturated carbocycles. The van der Waals surface area contributed by atoms with E-state index in [1.165, 1.54) is 41.7 Å². The number of nitrogens with zero attached hydrogens (tertiary/aromatic N) is 4. The molecule has 196 valence electrons. The van der Waals surface area contributed by atoms with Crippen molar-refractivity contribution in [3.63, 3.8) is 0 Å². The van der Waals surface area contributed by atoms with Crippen LogP contribution in [0.25, 0.3) is 0 Å². The van der Waals surface area contributed by atoms with Crippen LogP contribution in [0.1, 0.15) is 17.3 Å². The molecule has 1 aliphatic heterocycles. The number of halogens is 1. The van der Waals surface area contributed by atoms with Gasteiger partial charge in [0.15, 0.2) is 0 Å². The molecular weight excluding hydrogens is 538 g/mol. The highest BCUT2D eigenvalue weighted by Gasteiger charge is 2.30. The van der Waals surface area contributed by atoms with Gasteiger partial charge in [-0.3, -0.25) is 9.78 Å². The van der Waals surface area contributed by atoms with Crippen LogP contribution in [0.4, 0.5) is 11.4 Å². The van der Waals surface area contributed by atoms with Gasteiger partial charge in [-0.05, 0) is 49.4 Å². The second kappa shape index (κ2) is 11.1. The normalized spacial score (nSPS) is 14.8. The largest absolute Gasteiger partial charge is 0.368 e. The Morgan fingerprint density at radius 1 is 0.973 bits per heavy atom. The summed E-state index contributed by atoms with van der Waals surface area (Å²) < 4.78 is 54.1. The Labute approximate surface area is 221 Å². The van der Waals surface area contributed by atoms with Gasteiger partial charge in [-0.2, -0.15) is 8.72 Å². The van der Waals surface area contributed by atoms with Gasteiger partial charge in [0.25, 0.3) is 15.9 Å². The van der Waals surface area contributed by atoms with Crippen molar-refractivity contribution in [1.82, 2.24) is 14.7 Å². The predicted molar refractivity (Wildman–Crippen MR) is 143 cm³/mol. The van der Waals surface area contributed by atoms with Crippen molar-refractivity contribution in [3.8, 4) is 0 Å². The van der Waals surface area contributed by atoms with Crippen molar-refractivity contribution in [3.05, 3.63) is 83.6 Å². The van der Waals surface area contributed by atoms with Gasteiger partial charge in [-0.1, -0.05) is 29.8 Å². The van der Waals surface area contributed by atoms with Crippen molar-refractivity contribution in [1.29, 1.82) is 0 Å². The fraction of sp³-hybridized carbons (Fsp3) is 0.250. The van der Waals surface area contributed by atoms with E-state index in [0.717, 1.165) is 10.1 Å². The third kappa shape index (κ3) is 6.04. The van der Waals surface area contributed by atoms with Gasteiger partial charge in [0.2, 0.25) is 10.0 Å². The number of piperazine rings is 1. The predicted octanol–water partition coefficient (Wildman–Crippen LogP) is 2.75. The minimum Gasteiger partial charge on any atom is -0.368 e. The number of carbonyl (C=O) groups is 1. The van der Waals surface area contributed by atoms with Gasteiger partial charge in [-0.25, -0.2) is 22.3 Å². The quantitative estimate of drug-likeness (QED) is 0.418. The van der Waals surface area contributed by atoms with E-state index in [4.69, 9.17) is 11.6 Å². The molecule has 1 amide bonds. The first-order valence-electron chi connectivity index (χ1n) is 11.5. The standard InChI is InChI=1S/C24H26ClN5O5S2/c1-2-36(32,33)30(27-24(31)19-6-4-3-5-7-19)21-8-10-23(11-9-21)37(34,35)29-14-12-28(13-15-29)22-16-20(25)17-26-18-22/h3-11,16-18H,2,12-15H2,1H3,(H,27,31). The molecule has 1 aliphatic rings. The van der Waals surface area contributed by atoms with Crippen LogP contribution in [-0.4, -0.2) is 64.0 Å². The van der Waals surface area contributed by atoms with E-state index in [-0.39, 0.29) is 35.0 Å². The smallest absolute Gasteiger partial charge is 0.270 e. The maximum Gasteiger partial charge on any atom is 0.270 e. The number of hydrogen-bond donors (Lipinski definition) is 1. The van der Waals surface area contributed by atoms with Crippen molar-refractivity contribution in [2.75, 3.05) is 41.2 Å². The Kier molecular flexibility index (Phi) is 8.02. The summed E-state index contributed by atoms with van der Waals surface area (Å²) in [7, 11) is -7.71. The summed E-state index contributed by atoms with van der Waals surface area (Å²) in [5.41, 5.74) is 3.63. The molecule has 2 heterocycles. The molecule has 37 heavy (non-hydrogen) atoms. The summed E-state index contributed by atoms with van der Waals surface area (Å²) in [5.74, 6) is -0.878. The third-order valence-corrected chi connectivity index (χ3v) is 9.59. The lowest BCUT2D eigenvalue weighted by molar-refractivity contribution is 0.0955. The second-order valence-electron chi connectivity index (χ2n) is 8.22. The highest BCUT2D eigenvalue weighted by atomic mass is 35.5. The lowest BCUT2D eigenvalue weighted by atomic mass is 10.2. The number of sulfonamides is 2. The van der Waals surface area contributed by atoms with Crippen molar-refractivity contribution < 1.29 is 21.6 Å². The van der Waals surface area contributed by atoms with Gasteiger partial charge in [0, 0.05) is 37.9 Å². The molecule has 1 aromatic heterocycles. The SMILES string of the molecule is CCS(=O)(=O)N(NC(=O)c1ccccc1)c1ccc(S(=O)(=O)N2CCN(c3cncc(Cl)c3)CC2)cc1. The maximum atomic E-state index is 13.3. The Hall–Kier alpha value is -3.19. The molecule has 3 aromatic rings. The molecule has 1 fully saturated rings. The summed E-state index contributed by atoms with van der Waals surface area (Å²) in [6, 6.07) is 15.4. The number of hydrazine groups is 1. The Balaban J connectivity index is 1.50. The third-order valence-electron chi connectivity index (χ3n) is 5.89. The minimum absolute atomic E-state index is 0.0253. The molecule has 1 N–H and O–H groups in total. The van der Waals surface area contributed by atoms with Crippen LogP contribution in [0.2, 0.25) is 5.02 Å². The fourth-order valence-corrected chi connectivity index (χ4v) is 6.35. The molecule has 0 unspecified atom stereocenters. The number of nitrogens with one attached hydrogen (secondary N) is 1. The van der Waals surface area contributed by atoms with Crippen LogP contribution in [0.3, 0.4) is 0 Å². The van der Waals surface area contributed by atoms with Crippen molar-refractivity contribution in [2.45, 2.75) is 11.8 Å². The van der Waals surface area contributed by atoms with Gasteiger partial charge < -0.3 is 4.90 Å². The lowest BCUT2D eigenvalue weighted by Gasteiger charge is -2.35. The highest BCUT2D eigenvalue weighted by molar-refractivity contribution is 7.92. The van der Waals surface area contributed by atoms with Crippen LogP contribution in [0.15, 0.2) is 78.0 Å². The molecule has 0 spiro atoms. The zero-order chi connectivity index (χ0) is 26.6. The summed E-state index contributed by atoms with van der Waals surface area (Å²) in [6.45, 7) is 2.91. The topological polar surface area (TPSA) is 120 Å². The molecule has 13 heteroatoms. The number of benzene rings is 2. The zero-order valence-corrected chi connectivity index (χ0v) is 22.4. The van der Waals surface area contributed by atoms with Gasteiger partial charge >= 0.3 is 0 Å². The average Bonchev–Trinajstić information content (AvgIpc) is 2.92. The minimum atomic E-state index is -3.90. The van der Waals surface area contributed by atoms with Gasteiger partial charge in [-0.15, -0.1) is 0 Å².